The first-order chi connectivity index (χ1) is 6.36. The van der Waals surface area contributed by atoms with Crippen molar-refractivity contribution in [3.8, 4) is 0 Å². The van der Waals surface area contributed by atoms with Crippen molar-refractivity contribution in [3.63, 3.8) is 0 Å². The van der Waals surface area contributed by atoms with E-state index in [0.717, 1.165) is 17.9 Å². The summed E-state index contributed by atoms with van der Waals surface area (Å²) in [5.74, 6) is 1.87. The minimum absolute atomic E-state index is 0.729. The highest BCUT2D eigenvalue weighted by atomic mass is 15.0. The summed E-state index contributed by atoms with van der Waals surface area (Å²) in [6.45, 7) is 6.03. The molecule has 1 aliphatic heterocycles. The van der Waals surface area contributed by atoms with E-state index in [4.69, 9.17) is 0 Å². The first-order valence-corrected chi connectivity index (χ1v) is 5.80. The molecule has 2 atom stereocenters. The summed E-state index contributed by atoms with van der Waals surface area (Å²) >= 11 is 0. The first-order valence-electron chi connectivity index (χ1n) is 5.80. The molecule has 1 aliphatic carbocycles. The van der Waals surface area contributed by atoms with E-state index in [1.54, 1.807) is 0 Å². The zero-order valence-electron chi connectivity index (χ0n) is 8.68. The highest BCUT2D eigenvalue weighted by Gasteiger charge is 2.23. The molecule has 0 aromatic carbocycles. The molecule has 0 aromatic rings. The van der Waals surface area contributed by atoms with Gasteiger partial charge in [0.15, 0.2) is 0 Å². The Hall–Kier alpha value is -0.0800. The molecule has 1 saturated heterocycles. The molecule has 2 nitrogen and oxygen atoms in total. The van der Waals surface area contributed by atoms with Gasteiger partial charge in [-0.05, 0) is 50.6 Å². The molecule has 2 rings (SSSR count). The summed E-state index contributed by atoms with van der Waals surface area (Å²) in [5, 5.41) is 7.19. The standard InChI is InChI=1S/C11H22N2/c1-9-3-2-6-13-11(9)8-12-7-10-4-5-10/h9-13H,2-8H2,1H3. The number of hydrogen-bond donors (Lipinski definition) is 2. The zero-order chi connectivity index (χ0) is 9.10. The van der Waals surface area contributed by atoms with E-state index in [-0.39, 0.29) is 0 Å². The van der Waals surface area contributed by atoms with Crippen LogP contribution in [0.25, 0.3) is 0 Å². The maximum atomic E-state index is 3.60. The van der Waals surface area contributed by atoms with Crippen molar-refractivity contribution in [1.29, 1.82) is 0 Å². The van der Waals surface area contributed by atoms with Crippen molar-refractivity contribution in [2.45, 2.75) is 38.6 Å². The molecule has 2 aliphatic rings. The molecular formula is C11H22N2. The second-order valence-corrected chi connectivity index (χ2v) is 4.78. The second-order valence-electron chi connectivity index (χ2n) is 4.78. The molecule has 2 unspecified atom stereocenters. The predicted molar refractivity (Wildman–Crippen MR) is 55.8 cm³/mol. The largest absolute Gasteiger partial charge is 0.315 e. The monoisotopic (exact) mass is 182 g/mol. The van der Waals surface area contributed by atoms with Gasteiger partial charge < -0.3 is 10.6 Å². The molecule has 1 saturated carbocycles. The van der Waals surface area contributed by atoms with Crippen molar-refractivity contribution >= 4 is 0 Å². The van der Waals surface area contributed by atoms with E-state index >= 15 is 0 Å². The van der Waals surface area contributed by atoms with E-state index in [9.17, 15) is 0 Å². The fraction of sp³-hybridized carbons (Fsp3) is 1.00. The number of rotatable bonds is 4. The number of nitrogens with one attached hydrogen (secondary N) is 2. The lowest BCUT2D eigenvalue weighted by Crippen LogP contribution is -2.46. The molecule has 0 amide bonds. The van der Waals surface area contributed by atoms with Crippen molar-refractivity contribution in [2.75, 3.05) is 19.6 Å². The topological polar surface area (TPSA) is 24.1 Å². The van der Waals surface area contributed by atoms with Gasteiger partial charge in [-0.3, -0.25) is 0 Å². The van der Waals surface area contributed by atoms with Crippen LogP contribution < -0.4 is 10.6 Å². The van der Waals surface area contributed by atoms with E-state index in [0.29, 0.717) is 0 Å². The molecule has 2 N–H and O–H groups in total. The van der Waals surface area contributed by atoms with Gasteiger partial charge in [0.1, 0.15) is 0 Å². The van der Waals surface area contributed by atoms with E-state index < -0.39 is 0 Å². The molecule has 2 fully saturated rings. The fourth-order valence-corrected chi connectivity index (χ4v) is 2.15. The van der Waals surface area contributed by atoms with Gasteiger partial charge in [-0.1, -0.05) is 6.92 Å². The van der Waals surface area contributed by atoms with Crippen molar-refractivity contribution in [1.82, 2.24) is 10.6 Å². The van der Waals surface area contributed by atoms with Crippen molar-refractivity contribution in [2.24, 2.45) is 11.8 Å². The lowest BCUT2D eigenvalue weighted by Gasteiger charge is -2.30. The molecule has 76 valence electrons. The van der Waals surface area contributed by atoms with Gasteiger partial charge in [-0.25, -0.2) is 0 Å². The summed E-state index contributed by atoms with van der Waals surface area (Å²) in [7, 11) is 0. The normalized spacial score (nSPS) is 34.8. The van der Waals surface area contributed by atoms with Gasteiger partial charge in [0.05, 0.1) is 0 Å². The molecule has 0 radical (unpaired) electrons. The average Bonchev–Trinajstić information content (AvgIpc) is 2.92. The highest BCUT2D eigenvalue weighted by molar-refractivity contribution is 4.82. The Labute approximate surface area is 81.5 Å². The van der Waals surface area contributed by atoms with Gasteiger partial charge in [0, 0.05) is 12.6 Å². The van der Waals surface area contributed by atoms with Crippen molar-refractivity contribution in [3.05, 3.63) is 0 Å². The van der Waals surface area contributed by atoms with E-state index in [2.05, 4.69) is 17.6 Å². The molecule has 2 heteroatoms. The van der Waals surface area contributed by atoms with Gasteiger partial charge in [0.2, 0.25) is 0 Å². The van der Waals surface area contributed by atoms with Crippen LogP contribution in [0.2, 0.25) is 0 Å². The van der Waals surface area contributed by atoms with Gasteiger partial charge in [0.25, 0.3) is 0 Å². The third-order valence-electron chi connectivity index (χ3n) is 3.42. The van der Waals surface area contributed by atoms with Gasteiger partial charge in [-0.15, -0.1) is 0 Å². The number of piperidine rings is 1. The second kappa shape index (κ2) is 4.43. The van der Waals surface area contributed by atoms with Crippen LogP contribution in [0.1, 0.15) is 32.6 Å². The Morgan fingerprint density at radius 2 is 2.08 bits per heavy atom. The van der Waals surface area contributed by atoms with Crippen LogP contribution in [0.4, 0.5) is 0 Å². The van der Waals surface area contributed by atoms with Crippen LogP contribution in [0.15, 0.2) is 0 Å². The first kappa shape index (κ1) is 9.47. The molecule has 0 spiro atoms. The molecule has 0 bridgehead atoms. The Bertz CT molecular complexity index is 154. The summed E-state index contributed by atoms with van der Waals surface area (Å²) < 4.78 is 0. The summed E-state index contributed by atoms with van der Waals surface area (Å²) in [6.07, 6.45) is 5.68. The molecule has 0 aromatic heterocycles. The maximum Gasteiger partial charge on any atom is 0.0218 e. The van der Waals surface area contributed by atoms with Crippen LogP contribution in [-0.2, 0) is 0 Å². The van der Waals surface area contributed by atoms with Crippen LogP contribution in [0.5, 0.6) is 0 Å². The van der Waals surface area contributed by atoms with Gasteiger partial charge >= 0.3 is 0 Å². The fourth-order valence-electron chi connectivity index (χ4n) is 2.15. The SMILES string of the molecule is CC1CCCNC1CNCC1CC1. The predicted octanol–water partition coefficient (Wildman–Crippen LogP) is 1.37. The van der Waals surface area contributed by atoms with Crippen LogP contribution in [-0.4, -0.2) is 25.7 Å². The minimum Gasteiger partial charge on any atom is -0.315 e. The average molecular weight is 182 g/mol. The lowest BCUT2D eigenvalue weighted by atomic mass is 9.93. The van der Waals surface area contributed by atoms with E-state index in [1.165, 1.54) is 45.3 Å². The zero-order valence-corrected chi connectivity index (χ0v) is 8.68. The molecule has 1 heterocycles. The molecule has 13 heavy (non-hydrogen) atoms. The summed E-state index contributed by atoms with van der Waals surface area (Å²) in [5.41, 5.74) is 0. The molecular weight excluding hydrogens is 160 g/mol. The smallest absolute Gasteiger partial charge is 0.0218 e. The Morgan fingerprint density at radius 3 is 2.77 bits per heavy atom. The maximum absolute atomic E-state index is 3.60. The Balaban J connectivity index is 1.60. The van der Waals surface area contributed by atoms with E-state index in [1.807, 2.05) is 0 Å². The summed E-state index contributed by atoms with van der Waals surface area (Å²) in [6, 6.07) is 0.729. The van der Waals surface area contributed by atoms with Crippen LogP contribution in [0.3, 0.4) is 0 Å². The Morgan fingerprint density at radius 1 is 1.23 bits per heavy atom. The third kappa shape index (κ3) is 2.96. The third-order valence-corrected chi connectivity index (χ3v) is 3.42. The summed E-state index contributed by atoms with van der Waals surface area (Å²) in [4.78, 5) is 0. The van der Waals surface area contributed by atoms with Crippen LogP contribution in [0, 0.1) is 11.8 Å². The lowest BCUT2D eigenvalue weighted by molar-refractivity contribution is 0.290. The van der Waals surface area contributed by atoms with Crippen LogP contribution >= 0.6 is 0 Å². The Kier molecular flexibility index (Phi) is 3.23. The minimum atomic E-state index is 0.729. The quantitative estimate of drug-likeness (QED) is 0.686. The number of hydrogen-bond acceptors (Lipinski definition) is 2. The van der Waals surface area contributed by atoms with Crippen molar-refractivity contribution < 1.29 is 0 Å². The van der Waals surface area contributed by atoms with Gasteiger partial charge in [-0.2, -0.15) is 0 Å². The highest BCUT2D eigenvalue weighted by Crippen LogP contribution is 2.27.